The lowest BCUT2D eigenvalue weighted by atomic mass is 10.2. The van der Waals surface area contributed by atoms with Gasteiger partial charge in [-0.1, -0.05) is 45.8 Å². The molecule has 0 fully saturated rings. The van der Waals surface area contributed by atoms with Crippen molar-refractivity contribution < 1.29 is 0 Å². The zero-order valence-corrected chi connectivity index (χ0v) is 9.55. The van der Waals surface area contributed by atoms with E-state index in [1.54, 1.807) is 0 Å². The van der Waals surface area contributed by atoms with Crippen LogP contribution in [-0.2, 0) is 0 Å². The molecule has 0 aliphatic rings. The van der Waals surface area contributed by atoms with E-state index in [-0.39, 0.29) is 0 Å². The van der Waals surface area contributed by atoms with Gasteiger partial charge in [-0.3, -0.25) is 0 Å². The van der Waals surface area contributed by atoms with Crippen LogP contribution in [0.5, 0.6) is 0 Å². The quantitative estimate of drug-likeness (QED) is 0.411. The average Bonchev–Trinajstić information content (AvgIpc) is 2.17. The second kappa shape index (κ2) is 9.79. The summed E-state index contributed by atoms with van der Waals surface area (Å²) in [6, 6.07) is 0. The first-order chi connectivity index (χ1) is 6.35. The van der Waals surface area contributed by atoms with Crippen molar-refractivity contribution in [3.05, 3.63) is 12.2 Å². The zero-order chi connectivity index (χ0) is 9.94. The highest BCUT2D eigenvalue weighted by molar-refractivity contribution is 4.84. The number of hydrogen-bond acceptors (Lipinski definition) is 1. The lowest BCUT2D eigenvalue weighted by Crippen LogP contribution is -2.22. The highest BCUT2D eigenvalue weighted by Gasteiger charge is 1.92. The monoisotopic (exact) mass is 183 g/mol. The molecule has 1 heteroatoms. The Morgan fingerprint density at radius 1 is 0.923 bits per heavy atom. The highest BCUT2D eigenvalue weighted by atomic mass is 15.1. The Kier molecular flexibility index (Phi) is 9.56. The Morgan fingerprint density at radius 3 is 2.15 bits per heavy atom. The molecule has 0 aromatic heterocycles. The molecule has 0 saturated carbocycles. The fourth-order valence-electron chi connectivity index (χ4n) is 1.34. The van der Waals surface area contributed by atoms with Gasteiger partial charge in [-0.25, -0.2) is 0 Å². The first-order valence-corrected chi connectivity index (χ1v) is 5.72. The summed E-state index contributed by atoms with van der Waals surface area (Å²) in [6.45, 7) is 10.1. The molecule has 0 aliphatic carbocycles. The summed E-state index contributed by atoms with van der Waals surface area (Å²) in [7, 11) is 0. The molecule has 13 heavy (non-hydrogen) atoms. The van der Waals surface area contributed by atoms with Crippen LogP contribution in [0.25, 0.3) is 0 Å². The van der Waals surface area contributed by atoms with Crippen LogP contribution in [0.4, 0.5) is 0 Å². The SMILES string of the molecule is CCCCCC=CCN(CC)CC. The van der Waals surface area contributed by atoms with Crippen LogP contribution in [0.3, 0.4) is 0 Å². The van der Waals surface area contributed by atoms with Gasteiger partial charge in [-0.15, -0.1) is 0 Å². The predicted octanol–water partition coefficient (Wildman–Crippen LogP) is 3.46. The molecular weight excluding hydrogens is 158 g/mol. The van der Waals surface area contributed by atoms with Gasteiger partial charge < -0.3 is 4.90 Å². The van der Waals surface area contributed by atoms with Crippen LogP contribution in [0.1, 0.15) is 46.5 Å². The van der Waals surface area contributed by atoms with Crippen LogP contribution in [-0.4, -0.2) is 24.5 Å². The van der Waals surface area contributed by atoms with E-state index in [1.807, 2.05) is 0 Å². The summed E-state index contributed by atoms with van der Waals surface area (Å²) in [5.41, 5.74) is 0. The second-order valence-electron chi connectivity index (χ2n) is 3.45. The minimum atomic E-state index is 1.12. The van der Waals surface area contributed by atoms with E-state index in [0.29, 0.717) is 0 Å². The van der Waals surface area contributed by atoms with Gasteiger partial charge in [0.1, 0.15) is 0 Å². The molecular formula is C12H25N. The molecule has 0 aromatic rings. The largest absolute Gasteiger partial charge is 0.300 e. The van der Waals surface area contributed by atoms with E-state index in [0.717, 1.165) is 19.6 Å². The van der Waals surface area contributed by atoms with Crippen molar-refractivity contribution in [1.82, 2.24) is 4.90 Å². The topological polar surface area (TPSA) is 3.24 Å². The molecule has 78 valence electrons. The number of rotatable bonds is 8. The van der Waals surface area contributed by atoms with Gasteiger partial charge in [0, 0.05) is 6.54 Å². The van der Waals surface area contributed by atoms with Crippen LogP contribution < -0.4 is 0 Å². The van der Waals surface area contributed by atoms with Gasteiger partial charge in [0.2, 0.25) is 0 Å². The maximum absolute atomic E-state index is 2.43. The van der Waals surface area contributed by atoms with Crippen LogP contribution in [0.2, 0.25) is 0 Å². The Balaban J connectivity index is 3.28. The van der Waals surface area contributed by atoms with Gasteiger partial charge in [0.25, 0.3) is 0 Å². The fourth-order valence-corrected chi connectivity index (χ4v) is 1.34. The Bertz CT molecular complexity index is 114. The van der Waals surface area contributed by atoms with E-state index >= 15 is 0 Å². The molecule has 0 aromatic carbocycles. The maximum Gasteiger partial charge on any atom is 0.0162 e. The number of unbranched alkanes of at least 4 members (excludes halogenated alkanes) is 3. The van der Waals surface area contributed by atoms with Gasteiger partial charge in [-0.05, 0) is 25.9 Å². The summed E-state index contributed by atoms with van der Waals surface area (Å²) in [5.74, 6) is 0. The standard InChI is InChI=1S/C12H25N/c1-4-7-8-9-10-11-12-13(5-2)6-3/h10-11H,4-9,12H2,1-3H3. The summed E-state index contributed by atoms with van der Waals surface area (Å²) in [5, 5.41) is 0. The van der Waals surface area contributed by atoms with E-state index in [1.165, 1.54) is 25.7 Å². The van der Waals surface area contributed by atoms with Crippen molar-refractivity contribution in [2.45, 2.75) is 46.5 Å². The predicted molar refractivity (Wildman–Crippen MR) is 61.1 cm³/mol. The van der Waals surface area contributed by atoms with Crippen molar-refractivity contribution in [2.24, 2.45) is 0 Å². The zero-order valence-electron chi connectivity index (χ0n) is 9.55. The Morgan fingerprint density at radius 2 is 1.62 bits per heavy atom. The summed E-state index contributed by atoms with van der Waals surface area (Å²) >= 11 is 0. The molecule has 0 N–H and O–H groups in total. The second-order valence-corrected chi connectivity index (χ2v) is 3.45. The van der Waals surface area contributed by atoms with Crippen molar-refractivity contribution in [1.29, 1.82) is 0 Å². The molecule has 0 spiro atoms. The first-order valence-electron chi connectivity index (χ1n) is 5.72. The van der Waals surface area contributed by atoms with Crippen molar-refractivity contribution in [3.63, 3.8) is 0 Å². The lowest BCUT2D eigenvalue weighted by molar-refractivity contribution is 0.337. The van der Waals surface area contributed by atoms with Crippen LogP contribution in [0.15, 0.2) is 12.2 Å². The third-order valence-corrected chi connectivity index (χ3v) is 2.40. The van der Waals surface area contributed by atoms with Gasteiger partial charge in [0.05, 0.1) is 0 Å². The lowest BCUT2D eigenvalue weighted by Gasteiger charge is -2.14. The smallest absolute Gasteiger partial charge is 0.0162 e. The maximum atomic E-state index is 2.43. The van der Waals surface area contributed by atoms with Crippen LogP contribution >= 0.6 is 0 Å². The molecule has 0 amide bonds. The molecule has 0 atom stereocenters. The van der Waals surface area contributed by atoms with E-state index in [2.05, 4.69) is 37.8 Å². The Labute approximate surface area is 83.8 Å². The molecule has 0 bridgehead atoms. The fraction of sp³-hybridized carbons (Fsp3) is 0.833. The minimum Gasteiger partial charge on any atom is -0.300 e. The van der Waals surface area contributed by atoms with E-state index in [9.17, 15) is 0 Å². The molecule has 0 saturated heterocycles. The van der Waals surface area contributed by atoms with Gasteiger partial charge >= 0.3 is 0 Å². The number of nitrogens with zero attached hydrogens (tertiary/aromatic N) is 1. The number of likely N-dealkylation sites (N-methyl/N-ethyl adjacent to an activating group) is 1. The average molecular weight is 183 g/mol. The number of allylic oxidation sites excluding steroid dienone is 1. The normalized spacial score (nSPS) is 11.7. The van der Waals surface area contributed by atoms with Crippen molar-refractivity contribution in [3.8, 4) is 0 Å². The molecule has 0 radical (unpaired) electrons. The van der Waals surface area contributed by atoms with Crippen LogP contribution in [0, 0.1) is 0 Å². The third kappa shape index (κ3) is 8.04. The molecule has 0 heterocycles. The van der Waals surface area contributed by atoms with E-state index in [4.69, 9.17) is 0 Å². The van der Waals surface area contributed by atoms with E-state index < -0.39 is 0 Å². The van der Waals surface area contributed by atoms with Crippen molar-refractivity contribution >= 4 is 0 Å². The molecule has 1 nitrogen and oxygen atoms in total. The molecule has 0 aliphatic heterocycles. The van der Waals surface area contributed by atoms with Gasteiger partial charge in [0.15, 0.2) is 0 Å². The minimum absolute atomic E-state index is 1.12. The third-order valence-electron chi connectivity index (χ3n) is 2.40. The number of hydrogen-bond donors (Lipinski definition) is 0. The summed E-state index contributed by atoms with van der Waals surface area (Å²) in [6.07, 6.45) is 9.94. The molecule has 0 rings (SSSR count). The van der Waals surface area contributed by atoms with Gasteiger partial charge in [-0.2, -0.15) is 0 Å². The molecule has 0 unspecified atom stereocenters. The summed E-state index contributed by atoms with van der Waals surface area (Å²) < 4.78 is 0. The van der Waals surface area contributed by atoms with Crippen molar-refractivity contribution in [2.75, 3.05) is 19.6 Å². The highest BCUT2D eigenvalue weighted by Crippen LogP contribution is 1.99. The Hall–Kier alpha value is -0.300. The first kappa shape index (κ1) is 12.7. The summed E-state index contributed by atoms with van der Waals surface area (Å²) in [4.78, 5) is 2.43.